The molecule has 1 saturated heterocycles. The van der Waals surface area contributed by atoms with Gasteiger partial charge in [0.15, 0.2) is 0 Å². The van der Waals surface area contributed by atoms with Crippen LogP contribution in [0, 0.1) is 11.3 Å². The number of para-hydroxylation sites is 2. The van der Waals surface area contributed by atoms with Gasteiger partial charge in [0.1, 0.15) is 11.6 Å². The molecule has 0 aliphatic carbocycles. The molecule has 1 aliphatic rings. The average molecular weight is 428 g/mol. The van der Waals surface area contributed by atoms with E-state index in [9.17, 15) is 18.5 Å². The van der Waals surface area contributed by atoms with Gasteiger partial charge in [0, 0.05) is 25.0 Å². The first-order chi connectivity index (χ1) is 14.4. The maximum Gasteiger partial charge on any atom is 0.294 e. The van der Waals surface area contributed by atoms with Crippen LogP contribution < -0.4 is 15.5 Å². The Balaban J connectivity index is 1.72. The third-order valence-electron chi connectivity index (χ3n) is 4.40. The van der Waals surface area contributed by atoms with Crippen LogP contribution in [0.15, 0.2) is 65.2 Å². The van der Waals surface area contributed by atoms with Crippen molar-refractivity contribution in [2.75, 3.05) is 41.8 Å². The van der Waals surface area contributed by atoms with E-state index < -0.39 is 16.0 Å². The van der Waals surface area contributed by atoms with Gasteiger partial charge in [0.25, 0.3) is 16.0 Å². The molecule has 0 bridgehead atoms. The molecule has 30 heavy (non-hydrogen) atoms. The second-order valence-corrected chi connectivity index (χ2v) is 7.81. The van der Waals surface area contributed by atoms with Gasteiger partial charge >= 0.3 is 0 Å². The molecule has 0 unspecified atom stereocenters. The van der Waals surface area contributed by atoms with Crippen molar-refractivity contribution >= 4 is 33.1 Å². The summed E-state index contributed by atoms with van der Waals surface area (Å²) in [4.78, 5) is 14.3. The summed E-state index contributed by atoms with van der Waals surface area (Å²) in [5, 5.41) is 14.9. The minimum absolute atomic E-state index is 0.161. The number of nitrogens with one attached hydrogen (secondary N) is 2. The van der Waals surface area contributed by atoms with Gasteiger partial charge in [-0.2, -0.15) is 13.7 Å². The Bertz CT molecular complexity index is 1080. The average Bonchev–Trinajstić information content (AvgIpc) is 2.75. The summed E-state index contributed by atoms with van der Waals surface area (Å²) in [5.41, 5.74) is 1.81. The van der Waals surface area contributed by atoms with Crippen molar-refractivity contribution in [1.29, 1.82) is 5.26 Å². The number of carbonyl (C=O) groups excluding carboxylic acids is 1. The van der Waals surface area contributed by atoms with E-state index in [0.29, 0.717) is 13.2 Å². The molecule has 1 amide bonds. The summed E-state index contributed by atoms with van der Waals surface area (Å²) in [6.07, 6.45) is 1.32. The van der Waals surface area contributed by atoms with E-state index in [4.69, 9.17) is 9.29 Å². The number of hydrogen-bond donors (Lipinski definition) is 3. The Morgan fingerprint density at radius 3 is 2.43 bits per heavy atom. The maximum atomic E-state index is 12.4. The molecule has 0 spiro atoms. The molecule has 0 atom stereocenters. The zero-order valence-corrected chi connectivity index (χ0v) is 16.7. The van der Waals surface area contributed by atoms with Gasteiger partial charge in [0.2, 0.25) is 0 Å². The number of anilines is 3. The van der Waals surface area contributed by atoms with Gasteiger partial charge in [-0.05, 0) is 36.4 Å². The van der Waals surface area contributed by atoms with Crippen molar-refractivity contribution < 1.29 is 22.5 Å². The van der Waals surface area contributed by atoms with Crippen molar-refractivity contribution in [3.05, 3.63) is 60.3 Å². The number of amides is 1. The van der Waals surface area contributed by atoms with E-state index in [1.807, 2.05) is 30.3 Å². The normalized spacial score (nSPS) is 14.7. The first kappa shape index (κ1) is 21.3. The fraction of sp³-hybridized carbons (Fsp3) is 0.200. The van der Waals surface area contributed by atoms with E-state index in [2.05, 4.69) is 15.5 Å². The van der Waals surface area contributed by atoms with Crippen molar-refractivity contribution in [2.24, 2.45) is 0 Å². The lowest BCUT2D eigenvalue weighted by atomic mass is 10.2. The van der Waals surface area contributed by atoms with Gasteiger partial charge in [-0.15, -0.1) is 0 Å². The van der Waals surface area contributed by atoms with Crippen LogP contribution in [0.25, 0.3) is 0 Å². The third-order valence-corrected chi connectivity index (χ3v) is 5.27. The van der Waals surface area contributed by atoms with Crippen LogP contribution in [0.3, 0.4) is 0 Å². The predicted octanol–water partition coefficient (Wildman–Crippen LogP) is 2.23. The van der Waals surface area contributed by atoms with Crippen LogP contribution in [0.4, 0.5) is 17.1 Å². The molecular weight excluding hydrogens is 408 g/mol. The minimum Gasteiger partial charge on any atom is -0.378 e. The second-order valence-electron chi connectivity index (χ2n) is 6.38. The number of morpholine rings is 1. The lowest BCUT2D eigenvalue weighted by Gasteiger charge is -2.30. The van der Waals surface area contributed by atoms with E-state index in [-0.39, 0.29) is 16.2 Å². The van der Waals surface area contributed by atoms with Crippen molar-refractivity contribution in [2.45, 2.75) is 4.90 Å². The molecule has 10 heteroatoms. The van der Waals surface area contributed by atoms with Gasteiger partial charge in [-0.3, -0.25) is 9.35 Å². The predicted molar refractivity (Wildman–Crippen MR) is 112 cm³/mol. The summed E-state index contributed by atoms with van der Waals surface area (Å²) in [7, 11) is -4.32. The van der Waals surface area contributed by atoms with Crippen LogP contribution in [-0.2, 0) is 19.6 Å². The largest absolute Gasteiger partial charge is 0.378 e. The number of nitriles is 1. The molecular formula is C20H20N4O5S. The Morgan fingerprint density at radius 1 is 1.13 bits per heavy atom. The molecule has 3 rings (SSSR count). The fourth-order valence-corrected chi connectivity index (χ4v) is 3.36. The standard InChI is InChI=1S/C20H20N4O5S/c21-13-15(20(25)23-16-5-7-17(8-6-16)30(26,27)28)14-22-18-3-1-2-4-19(18)24-9-11-29-12-10-24/h1-8,14,22H,9-12H2,(H,23,25)(H,26,27,28)/b15-14-. The Morgan fingerprint density at radius 2 is 1.80 bits per heavy atom. The summed E-state index contributed by atoms with van der Waals surface area (Å²) in [6.45, 7) is 2.75. The van der Waals surface area contributed by atoms with Gasteiger partial charge in [-0.25, -0.2) is 0 Å². The molecule has 0 aromatic heterocycles. The Hall–Kier alpha value is -3.39. The van der Waals surface area contributed by atoms with Gasteiger partial charge in [-0.1, -0.05) is 12.1 Å². The second kappa shape index (κ2) is 9.41. The molecule has 0 saturated carbocycles. The maximum absolute atomic E-state index is 12.4. The molecule has 1 fully saturated rings. The van der Waals surface area contributed by atoms with Gasteiger partial charge < -0.3 is 20.3 Å². The van der Waals surface area contributed by atoms with Crippen LogP contribution >= 0.6 is 0 Å². The van der Waals surface area contributed by atoms with Crippen molar-refractivity contribution in [1.82, 2.24) is 0 Å². The number of carbonyl (C=O) groups is 1. The number of rotatable bonds is 6. The third kappa shape index (κ3) is 5.36. The lowest BCUT2D eigenvalue weighted by molar-refractivity contribution is -0.112. The topological polar surface area (TPSA) is 132 Å². The summed E-state index contributed by atoms with van der Waals surface area (Å²) < 4.78 is 36.5. The van der Waals surface area contributed by atoms with Crippen LogP contribution in [-0.4, -0.2) is 45.2 Å². The molecule has 3 N–H and O–H groups in total. The highest BCUT2D eigenvalue weighted by atomic mass is 32.2. The van der Waals surface area contributed by atoms with E-state index in [0.717, 1.165) is 36.6 Å². The highest BCUT2D eigenvalue weighted by Crippen LogP contribution is 2.26. The Kier molecular flexibility index (Phi) is 6.68. The minimum atomic E-state index is -4.32. The van der Waals surface area contributed by atoms with Gasteiger partial charge in [0.05, 0.1) is 29.5 Å². The van der Waals surface area contributed by atoms with Crippen LogP contribution in [0.1, 0.15) is 0 Å². The van der Waals surface area contributed by atoms with E-state index >= 15 is 0 Å². The molecule has 1 aliphatic heterocycles. The lowest BCUT2D eigenvalue weighted by Crippen LogP contribution is -2.36. The fourth-order valence-electron chi connectivity index (χ4n) is 2.88. The van der Waals surface area contributed by atoms with E-state index in [1.54, 1.807) is 0 Å². The number of ether oxygens (including phenoxy) is 1. The zero-order valence-electron chi connectivity index (χ0n) is 15.9. The SMILES string of the molecule is N#C/C(=C/Nc1ccccc1N1CCOCC1)C(=O)Nc1ccc(S(=O)(=O)O)cc1. The first-order valence-electron chi connectivity index (χ1n) is 9.06. The van der Waals surface area contributed by atoms with Crippen molar-refractivity contribution in [3.63, 3.8) is 0 Å². The molecule has 1 heterocycles. The number of nitrogens with zero attached hydrogens (tertiary/aromatic N) is 2. The molecule has 0 radical (unpaired) electrons. The highest BCUT2D eigenvalue weighted by molar-refractivity contribution is 7.85. The number of benzene rings is 2. The quantitative estimate of drug-likeness (QED) is 0.363. The molecule has 2 aromatic rings. The number of hydrogen-bond acceptors (Lipinski definition) is 7. The van der Waals surface area contributed by atoms with Crippen molar-refractivity contribution in [3.8, 4) is 6.07 Å². The summed E-state index contributed by atoms with van der Waals surface area (Å²) in [6, 6.07) is 14.3. The monoisotopic (exact) mass is 428 g/mol. The first-order valence-corrected chi connectivity index (χ1v) is 10.5. The molecule has 2 aromatic carbocycles. The Labute approximate surface area is 174 Å². The summed E-state index contributed by atoms with van der Waals surface area (Å²) >= 11 is 0. The highest BCUT2D eigenvalue weighted by Gasteiger charge is 2.15. The smallest absolute Gasteiger partial charge is 0.294 e. The van der Waals surface area contributed by atoms with E-state index in [1.165, 1.54) is 18.3 Å². The van der Waals surface area contributed by atoms with Crippen LogP contribution in [0.5, 0.6) is 0 Å². The van der Waals surface area contributed by atoms with Crippen LogP contribution in [0.2, 0.25) is 0 Å². The zero-order chi connectivity index (χ0) is 21.6. The molecule has 156 valence electrons. The molecule has 9 nitrogen and oxygen atoms in total. The summed E-state index contributed by atoms with van der Waals surface area (Å²) in [5.74, 6) is -0.659.